The molecule has 5 atom stereocenters. The molecule has 1 aromatic heterocycles. The molecule has 0 saturated carbocycles. The van der Waals surface area contributed by atoms with Crippen LogP contribution in [-0.4, -0.2) is 41.1 Å². The van der Waals surface area contributed by atoms with Gasteiger partial charge >= 0.3 is 18.1 Å². The second-order valence-corrected chi connectivity index (χ2v) is 10.0. The van der Waals surface area contributed by atoms with Gasteiger partial charge in [-0.3, -0.25) is 4.90 Å². The van der Waals surface area contributed by atoms with E-state index in [9.17, 15) is 35.5 Å². The van der Waals surface area contributed by atoms with Crippen LogP contribution in [0.2, 0.25) is 0 Å². The van der Waals surface area contributed by atoms with E-state index in [2.05, 4.69) is 10.2 Å². The molecular formula is C26H24F7N3O4. The maximum Gasteiger partial charge on any atom is 0.434 e. The number of hydrogen-bond donors (Lipinski definition) is 1. The van der Waals surface area contributed by atoms with E-state index in [-0.39, 0.29) is 42.5 Å². The summed E-state index contributed by atoms with van der Waals surface area (Å²) < 4.78 is 111. The highest BCUT2D eigenvalue weighted by Gasteiger charge is 2.47. The fourth-order valence-electron chi connectivity index (χ4n) is 5.45. The van der Waals surface area contributed by atoms with Crippen molar-refractivity contribution >= 4 is 0 Å². The fourth-order valence-corrected chi connectivity index (χ4v) is 5.45. The van der Waals surface area contributed by atoms with Crippen LogP contribution >= 0.6 is 0 Å². The molecule has 1 N–H and O–H groups in total. The van der Waals surface area contributed by atoms with Gasteiger partial charge in [-0.25, -0.2) is 14.3 Å². The van der Waals surface area contributed by atoms with Crippen LogP contribution in [0, 0.1) is 17.7 Å². The van der Waals surface area contributed by atoms with E-state index in [1.54, 1.807) is 12.1 Å². The zero-order valence-corrected chi connectivity index (χ0v) is 20.9. The molecule has 2 fully saturated rings. The summed E-state index contributed by atoms with van der Waals surface area (Å²) in [4.78, 5) is 13.3. The van der Waals surface area contributed by atoms with Crippen molar-refractivity contribution < 1.29 is 44.6 Å². The summed E-state index contributed by atoms with van der Waals surface area (Å²) in [6, 6.07) is 6.94. The Morgan fingerprint density at radius 1 is 1.05 bits per heavy atom. The molecule has 2 aromatic carbocycles. The Balaban J connectivity index is 1.42. The van der Waals surface area contributed by atoms with E-state index in [1.807, 2.05) is 4.90 Å². The van der Waals surface area contributed by atoms with Gasteiger partial charge < -0.3 is 13.9 Å². The van der Waals surface area contributed by atoms with Crippen molar-refractivity contribution in [3.8, 4) is 0 Å². The van der Waals surface area contributed by atoms with Crippen LogP contribution < -0.4 is 5.76 Å². The third-order valence-electron chi connectivity index (χ3n) is 7.31. The quantitative estimate of drug-likeness (QED) is 0.391. The zero-order valence-electron chi connectivity index (χ0n) is 20.9. The standard InChI is InChI=1S/C26H24F7N3O4/c1-13(15-6-17(25(28,29)30)8-18(7-15)26(31,32)33)39-23-22(14-2-4-19(27)5-3-14)20-10-36(9-16(20)12-38-23)11-21-34-35-24(37)40-21/h2-8,13,16,20,22-23H,9-12H2,1H3,(H,35,37)/t13-,16+,20-,22+,23-/m1/s1. The van der Waals surface area contributed by atoms with Crippen LogP contribution in [0.4, 0.5) is 30.7 Å². The molecule has 0 spiro atoms. The van der Waals surface area contributed by atoms with Crippen LogP contribution in [0.5, 0.6) is 0 Å². The second kappa shape index (κ2) is 10.6. The Bertz CT molecular complexity index is 1350. The van der Waals surface area contributed by atoms with E-state index in [4.69, 9.17) is 13.9 Å². The highest BCUT2D eigenvalue weighted by Crippen LogP contribution is 2.45. The van der Waals surface area contributed by atoms with Gasteiger partial charge in [0.25, 0.3) is 0 Å². The van der Waals surface area contributed by atoms with E-state index < -0.39 is 53.4 Å². The average molecular weight is 575 g/mol. The smallest absolute Gasteiger partial charge is 0.391 e. The second-order valence-electron chi connectivity index (χ2n) is 10.0. The minimum atomic E-state index is -5.00. The maximum atomic E-state index is 13.7. The number of likely N-dealkylation sites (tertiary alicyclic amines) is 1. The fraction of sp³-hybridized carbons (Fsp3) is 0.462. The third kappa shape index (κ3) is 6.08. The van der Waals surface area contributed by atoms with Gasteiger partial charge in [-0.1, -0.05) is 12.1 Å². The summed E-state index contributed by atoms with van der Waals surface area (Å²) in [6.45, 7) is 2.81. The zero-order chi connectivity index (χ0) is 28.8. The molecular weight excluding hydrogens is 551 g/mol. The highest BCUT2D eigenvalue weighted by atomic mass is 19.4. The number of nitrogens with zero attached hydrogens (tertiary/aromatic N) is 2. The van der Waals surface area contributed by atoms with Gasteiger partial charge in [-0.05, 0) is 60.2 Å². The van der Waals surface area contributed by atoms with E-state index in [1.165, 1.54) is 19.1 Å². The number of ether oxygens (including phenoxy) is 2. The number of nitrogens with one attached hydrogen (secondary N) is 1. The van der Waals surface area contributed by atoms with Crippen LogP contribution in [-0.2, 0) is 28.4 Å². The molecule has 2 aliphatic heterocycles. The Labute approximate surface area is 222 Å². The maximum absolute atomic E-state index is 13.7. The highest BCUT2D eigenvalue weighted by molar-refractivity contribution is 5.35. The molecule has 5 rings (SSSR count). The molecule has 216 valence electrons. The van der Waals surface area contributed by atoms with Crippen LogP contribution in [0.25, 0.3) is 0 Å². The Hall–Kier alpha value is -3.23. The first-order valence-corrected chi connectivity index (χ1v) is 12.4. The number of H-pyrrole nitrogens is 1. The van der Waals surface area contributed by atoms with Gasteiger partial charge in [0, 0.05) is 19.0 Å². The average Bonchev–Trinajstić information content (AvgIpc) is 3.48. The number of fused-ring (bicyclic) bond motifs is 1. The van der Waals surface area contributed by atoms with Gasteiger partial charge in [0.2, 0.25) is 5.89 Å². The molecule has 0 aliphatic carbocycles. The molecule has 0 radical (unpaired) electrons. The van der Waals surface area contributed by atoms with Crippen LogP contribution in [0.15, 0.2) is 51.7 Å². The molecule has 0 amide bonds. The van der Waals surface area contributed by atoms with Gasteiger partial charge in [-0.2, -0.15) is 26.3 Å². The van der Waals surface area contributed by atoms with Crippen molar-refractivity contribution in [2.24, 2.45) is 11.8 Å². The van der Waals surface area contributed by atoms with Crippen molar-refractivity contribution in [2.45, 2.75) is 44.1 Å². The largest absolute Gasteiger partial charge is 0.434 e. The van der Waals surface area contributed by atoms with Gasteiger partial charge in [0.1, 0.15) is 5.82 Å². The van der Waals surface area contributed by atoms with Gasteiger partial charge in [-0.15, -0.1) is 5.10 Å². The molecule has 3 aromatic rings. The van der Waals surface area contributed by atoms with Crippen molar-refractivity contribution in [2.75, 3.05) is 19.7 Å². The van der Waals surface area contributed by atoms with E-state index in [0.29, 0.717) is 30.8 Å². The summed E-state index contributed by atoms with van der Waals surface area (Å²) in [5.41, 5.74) is -2.55. The normalized spacial score (nSPS) is 24.7. The molecule has 2 aliphatic rings. The van der Waals surface area contributed by atoms with E-state index >= 15 is 0 Å². The Morgan fingerprint density at radius 3 is 2.27 bits per heavy atom. The van der Waals surface area contributed by atoms with Gasteiger partial charge in [0.05, 0.1) is 30.4 Å². The number of alkyl halides is 6. The summed E-state index contributed by atoms with van der Waals surface area (Å²) in [7, 11) is 0. The molecule has 2 saturated heterocycles. The number of benzene rings is 2. The lowest BCUT2D eigenvalue weighted by atomic mass is 9.77. The first-order valence-electron chi connectivity index (χ1n) is 12.4. The molecule has 0 unspecified atom stereocenters. The lowest BCUT2D eigenvalue weighted by Gasteiger charge is -2.40. The monoisotopic (exact) mass is 575 g/mol. The van der Waals surface area contributed by atoms with Crippen molar-refractivity contribution in [3.63, 3.8) is 0 Å². The topological polar surface area (TPSA) is 80.6 Å². The van der Waals surface area contributed by atoms with Gasteiger partial charge in [0.15, 0.2) is 6.29 Å². The predicted molar refractivity (Wildman–Crippen MR) is 124 cm³/mol. The first-order chi connectivity index (χ1) is 18.8. The molecule has 40 heavy (non-hydrogen) atoms. The number of aromatic amines is 1. The Kier molecular flexibility index (Phi) is 7.52. The summed E-state index contributed by atoms with van der Waals surface area (Å²) in [5, 5.41) is 6.01. The predicted octanol–water partition coefficient (Wildman–Crippen LogP) is 5.51. The number of aromatic nitrogens is 2. The number of rotatable bonds is 6. The van der Waals surface area contributed by atoms with Crippen LogP contribution in [0.1, 0.15) is 47.1 Å². The minimum absolute atomic E-state index is 0.0266. The number of hydrogen-bond acceptors (Lipinski definition) is 6. The lowest BCUT2D eigenvalue weighted by molar-refractivity contribution is -0.217. The lowest BCUT2D eigenvalue weighted by Crippen LogP contribution is -2.42. The summed E-state index contributed by atoms with van der Waals surface area (Å²) in [6.07, 6.45) is -12.2. The molecule has 7 nitrogen and oxygen atoms in total. The van der Waals surface area contributed by atoms with Crippen molar-refractivity contribution in [1.29, 1.82) is 0 Å². The number of halogens is 7. The summed E-state index contributed by atoms with van der Waals surface area (Å²) >= 11 is 0. The van der Waals surface area contributed by atoms with Crippen molar-refractivity contribution in [3.05, 3.63) is 87.0 Å². The third-order valence-corrected chi connectivity index (χ3v) is 7.31. The molecule has 0 bridgehead atoms. The SMILES string of the molecule is C[C@@H](O[C@H]1OC[C@@H]2CN(Cc3n[nH]c(=O)o3)C[C@H]2[C@@H]1c1ccc(F)cc1)c1cc(C(F)(F)F)cc(C(F)(F)F)c1. The minimum Gasteiger partial charge on any atom is -0.391 e. The van der Waals surface area contributed by atoms with E-state index in [0.717, 1.165) is 0 Å². The molecule has 14 heteroatoms. The first kappa shape index (κ1) is 28.3. The molecule has 3 heterocycles. The summed E-state index contributed by atoms with van der Waals surface area (Å²) in [5.74, 6) is -1.66. The Morgan fingerprint density at radius 2 is 1.70 bits per heavy atom. The van der Waals surface area contributed by atoms with Crippen molar-refractivity contribution in [1.82, 2.24) is 15.1 Å². The van der Waals surface area contributed by atoms with Crippen LogP contribution in [0.3, 0.4) is 0 Å².